The van der Waals surface area contributed by atoms with Gasteiger partial charge >= 0.3 is 0 Å². The number of sulfonamides is 1. The van der Waals surface area contributed by atoms with Gasteiger partial charge in [-0.2, -0.15) is 0 Å². The first kappa shape index (κ1) is 12.8. The molecule has 2 rings (SSSR count). The molecule has 98 valence electrons. The summed E-state index contributed by atoms with van der Waals surface area (Å²) in [6.45, 7) is 1.92. The molecule has 2 fully saturated rings. The number of rotatable bonds is 6. The number of amides is 1. The van der Waals surface area contributed by atoms with Crippen LogP contribution in [0.5, 0.6) is 0 Å². The van der Waals surface area contributed by atoms with Gasteiger partial charge in [-0.25, -0.2) is 13.1 Å². The van der Waals surface area contributed by atoms with E-state index in [2.05, 4.69) is 15.4 Å². The summed E-state index contributed by atoms with van der Waals surface area (Å²) < 4.78 is 26.1. The van der Waals surface area contributed by atoms with Crippen LogP contribution in [0.25, 0.3) is 0 Å². The van der Waals surface area contributed by atoms with Crippen molar-refractivity contribution in [3.63, 3.8) is 0 Å². The van der Waals surface area contributed by atoms with Gasteiger partial charge in [-0.05, 0) is 25.8 Å². The van der Waals surface area contributed by atoms with Crippen molar-refractivity contribution in [2.75, 3.05) is 26.2 Å². The Morgan fingerprint density at radius 2 is 2.00 bits per heavy atom. The molecule has 1 unspecified atom stereocenters. The topological polar surface area (TPSA) is 87.3 Å². The minimum absolute atomic E-state index is 0.0479. The van der Waals surface area contributed by atoms with Crippen molar-refractivity contribution in [2.45, 2.75) is 24.5 Å². The third-order valence-electron chi connectivity index (χ3n) is 3.13. The summed E-state index contributed by atoms with van der Waals surface area (Å²) in [5, 5.41) is 5.42. The second-order valence-electron chi connectivity index (χ2n) is 4.62. The molecule has 0 bridgehead atoms. The molecule has 1 amide bonds. The SMILES string of the molecule is O=C(NCCNS(=O)(=O)C1CCNC1)C1CC1. The van der Waals surface area contributed by atoms with Crippen molar-refractivity contribution >= 4 is 15.9 Å². The lowest BCUT2D eigenvalue weighted by atomic mass is 10.4. The molecule has 7 heteroatoms. The highest BCUT2D eigenvalue weighted by atomic mass is 32.2. The molecule has 1 saturated carbocycles. The Hall–Kier alpha value is -0.660. The Morgan fingerprint density at radius 1 is 1.24 bits per heavy atom. The predicted octanol–water partition coefficient (Wildman–Crippen LogP) is -1.21. The smallest absolute Gasteiger partial charge is 0.223 e. The van der Waals surface area contributed by atoms with Crippen molar-refractivity contribution in [2.24, 2.45) is 5.92 Å². The molecule has 1 heterocycles. The highest BCUT2D eigenvalue weighted by Gasteiger charge is 2.30. The molecule has 2 aliphatic rings. The standard InChI is InChI=1S/C10H19N3O3S/c14-10(8-1-2-8)12-5-6-13-17(15,16)9-3-4-11-7-9/h8-9,11,13H,1-7H2,(H,12,14). The van der Waals surface area contributed by atoms with Crippen LogP contribution in [0.4, 0.5) is 0 Å². The number of hydrogen-bond acceptors (Lipinski definition) is 4. The molecule has 0 aromatic carbocycles. The molecule has 17 heavy (non-hydrogen) atoms. The van der Waals surface area contributed by atoms with Crippen molar-refractivity contribution < 1.29 is 13.2 Å². The van der Waals surface area contributed by atoms with Crippen molar-refractivity contribution in [3.8, 4) is 0 Å². The molecule has 0 radical (unpaired) electrons. The second kappa shape index (κ2) is 5.32. The quantitative estimate of drug-likeness (QED) is 0.524. The van der Waals surface area contributed by atoms with Gasteiger partial charge in [0, 0.05) is 25.6 Å². The number of carbonyl (C=O) groups excluding carboxylic acids is 1. The summed E-state index contributed by atoms with van der Waals surface area (Å²) in [6.07, 6.45) is 2.58. The Bertz CT molecular complexity index is 372. The first-order valence-corrected chi connectivity index (χ1v) is 7.61. The van der Waals surface area contributed by atoms with Crippen molar-refractivity contribution in [3.05, 3.63) is 0 Å². The van der Waals surface area contributed by atoms with E-state index in [-0.39, 0.29) is 23.6 Å². The van der Waals surface area contributed by atoms with E-state index in [0.717, 1.165) is 19.4 Å². The van der Waals surface area contributed by atoms with Gasteiger partial charge in [0.15, 0.2) is 0 Å². The zero-order chi connectivity index (χ0) is 12.3. The first-order chi connectivity index (χ1) is 8.09. The van der Waals surface area contributed by atoms with Gasteiger partial charge in [0.2, 0.25) is 15.9 Å². The average Bonchev–Trinajstić information content (AvgIpc) is 2.99. The molecule has 1 aliphatic carbocycles. The Kier molecular flexibility index (Phi) is 4.01. The molecular weight excluding hydrogens is 242 g/mol. The zero-order valence-corrected chi connectivity index (χ0v) is 10.6. The van der Waals surface area contributed by atoms with Gasteiger partial charge in [-0.15, -0.1) is 0 Å². The number of hydrogen-bond donors (Lipinski definition) is 3. The zero-order valence-electron chi connectivity index (χ0n) is 9.74. The first-order valence-electron chi connectivity index (χ1n) is 6.06. The van der Waals surface area contributed by atoms with E-state index < -0.39 is 10.0 Å². The van der Waals surface area contributed by atoms with E-state index in [4.69, 9.17) is 0 Å². The Labute approximate surface area is 102 Å². The summed E-state index contributed by atoms with van der Waals surface area (Å²) in [4.78, 5) is 11.3. The molecular formula is C10H19N3O3S. The van der Waals surface area contributed by atoms with E-state index >= 15 is 0 Å². The fourth-order valence-corrected chi connectivity index (χ4v) is 3.27. The van der Waals surface area contributed by atoms with Gasteiger partial charge in [-0.1, -0.05) is 0 Å². The number of carbonyl (C=O) groups is 1. The van der Waals surface area contributed by atoms with Crippen LogP contribution in [0.1, 0.15) is 19.3 Å². The average molecular weight is 261 g/mol. The van der Waals surface area contributed by atoms with Crippen molar-refractivity contribution in [1.29, 1.82) is 0 Å². The summed E-state index contributed by atoms with van der Waals surface area (Å²) in [5.41, 5.74) is 0. The van der Waals surface area contributed by atoms with Gasteiger partial charge in [0.25, 0.3) is 0 Å². The van der Waals surface area contributed by atoms with Crippen molar-refractivity contribution in [1.82, 2.24) is 15.4 Å². The van der Waals surface area contributed by atoms with E-state index in [1.807, 2.05) is 0 Å². The third-order valence-corrected chi connectivity index (χ3v) is 5.02. The minimum atomic E-state index is -3.23. The van der Waals surface area contributed by atoms with Gasteiger partial charge < -0.3 is 10.6 Å². The monoisotopic (exact) mass is 261 g/mol. The molecule has 6 nitrogen and oxygen atoms in total. The van der Waals surface area contributed by atoms with Crippen LogP contribution in [0.15, 0.2) is 0 Å². The summed E-state index contributed by atoms with van der Waals surface area (Å²) in [5.74, 6) is 0.220. The highest BCUT2D eigenvalue weighted by Crippen LogP contribution is 2.28. The van der Waals surface area contributed by atoms with E-state index in [1.165, 1.54) is 0 Å². The molecule has 1 atom stereocenters. The fraction of sp³-hybridized carbons (Fsp3) is 0.900. The van der Waals surface area contributed by atoms with Crippen LogP contribution < -0.4 is 15.4 Å². The van der Waals surface area contributed by atoms with Gasteiger partial charge in [-0.3, -0.25) is 4.79 Å². The van der Waals surface area contributed by atoms with E-state index in [0.29, 0.717) is 19.5 Å². The molecule has 0 aromatic heterocycles. The van der Waals surface area contributed by atoms with Crippen LogP contribution in [0.3, 0.4) is 0 Å². The van der Waals surface area contributed by atoms with Crippen LogP contribution in [-0.4, -0.2) is 45.8 Å². The summed E-state index contributed by atoms with van der Waals surface area (Å²) >= 11 is 0. The molecule has 0 spiro atoms. The largest absolute Gasteiger partial charge is 0.355 e. The van der Waals surface area contributed by atoms with Crippen LogP contribution >= 0.6 is 0 Å². The van der Waals surface area contributed by atoms with Crippen LogP contribution in [0, 0.1) is 5.92 Å². The van der Waals surface area contributed by atoms with E-state index in [9.17, 15) is 13.2 Å². The minimum Gasteiger partial charge on any atom is -0.355 e. The molecule has 1 saturated heterocycles. The van der Waals surface area contributed by atoms with Gasteiger partial charge in [0.1, 0.15) is 0 Å². The maximum Gasteiger partial charge on any atom is 0.223 e. The lowest BCUT2D eigenvalue weighted by Crippen LogP contribution is -2.40. The van der Waals surface area contributed by atoms with Crippen LogP contribution in [0.2, 0.25) is 0 Å². The number of nitrogens with one attached hydrogen (secondary N) is 3. The second-order valence-corrected chi connectivity index (χ2v) is 6.66. The molecule has 0 aromatic rings. The normalized spacial score (nSPS) is 24.8. The maximum atomic E-state index is 11.8. The van der Waals surface area contributed by atoms with E-state index in [1.54, 1.807) is 0 Å². The highest BCUT2D eigenvalue weighted by molar-refractivity contribution is 7.90. The maximum absolute atomic E-state index is 11.8. The molecule has 1 aliphatic heterocycles. The summed E-state index contributed by atoms with van der Waals surface area (Å²) in [7, 11) is -3.23. The third kappa shape index (κ3) is 3.65. The Morgan fingerprint density at radius 3 is 2.59 bits per heavy atom. The lowest BCUT2D eigenvalue weighted by Gasteiger charge is -2.12. The fourth-order valence-electron chi connectivity index (χ4n) is 1.88. The predicted molar refractivity (Wildman–Crippen MR) is 63.9 cm³/mol. The van der Waals surface area contributed by atoms with Gasteiger partial charge in [0.05, 0.1) is 5.25 Å². The Balaban J connectivity index is 1.64. The lowest BCUT2D eigenvalue weighted by molar-refractivity contribution is -0.122. The van der Waals surface area contributed by atoms with Crippen LogP contribution in [-0.2, 0) is 14.8 Å². The molecule has 3 N–H and O–H groups in total. The summed E-state index contributed by atoms with van der Waals surface area (Å²) in [6, 6.07) is 0.